The molecule has 0 aromatic heterocycles. The maximum atomic E-state index is 0. The van der Waals surface area contributed by atoms with Crippen LogP contribution in [-0.4, -0.2) is 0 Å². The molecule has 0 rings (SSSR count). The first-order chi connectivity index (χ1) is 0. The van der Waals surface area contributed by atoms with Gasteiger partial charge in [0.15, 0.2) is 0 Å². The topological polar surface area (TPSA) is 35.0 Å². The Hall–Kier alpha value is 1.15. The molecule has 1 nitrogen and oxygen atoms in total. The molecule has 0 saturated heterocycles. The van der Waals surface area contributed by atoms with Crippen LogP contribution in [0.2, 0.25) is 0 Å². The van der Waals surface area contributed by atoms with Gasteiger partial charge in [-0.25, -0.2) is 0 Å². The van der Waals surface area contributed by atoms with Gasteiger partial charge in [0.05, 0.1) is 0 Å². The van der Waals surface area contributed by atoms with Crippen molar-refractivity contribution in [2.45, 2.75) is 7.43 Å². The molecule has 0 aliphatic heterocycles. The molecule has 4 heavy (non-hydrogen) atoms. The van der Waals surface area contributed by atoms with Crippen molar-refractivity contribution in [3.8, 4) is 0 Å². The Morgan fingerprint density at radius 1 is 1.00 bits per heavy atom. The molecule has 0 atom stereocenters. The van der Waals surface area contributed by atoms with Crippen LogP contribution in [0.3, 0.4) is 0 Å². The molecule has 31 valence electrons. The second-order valence-corrected chi connectivity index (χ2v) is 0. The van der Waals surface area contributed by atoms with Gasteiger partial charge in [0.1, 0.15) is 0 Å². The van der Waals surface area contributed by atoms with Crippen molar-refractivity contribution in [1.82, 2.24) is 6.15 Å². The molecule has 0 spiro atoms. The Balaban J connectivity index is 0. The average Bonchev–Trinajstić information content (AvgIpc) is 0. The monoisotopic (exact) mass is 276 g/mol. The second kappa shape index (κ2) is 31.0. The number of hydrogen-bond acceptors (Lipinski definition) is 1. The van der Waals surface area contributed by atoms with E-state index >= 15 is 0 Å². The van der Waals surface area contributed by atoms with Crippen molar-refractivity contribution >= 4 is 0 Å². The van der Waals surface area contributed by atoms with Crippen LogP contribution in [0.1, 0.15) is 7.43 Å². The fourth-order valence-corrected chi connectivity index (χ4v) is 0. The Morgan fingerprint density at radius 2 is 1.00 bits per heavy atom. The van der Waals surface area contributed by atoms with Crippen molar-refractivity contribution in [3.63, 3.8) is 0 Å². The van der Waals surface area contributed by atoms with Gasteiger partial charge in [-0.15, -0.1) is 0 Å². The Kier molecular flexibility index (Phi) is 517. The first-order valence-corrected chi connectivity index (χ1v) is 0. The predicted molar refractivity (Wildman–Crippen MR) is 11.8 cm³/mol. The molecule has 0 aliphatic rings. The minimum Gasteiger partial charge on any atom is -0.344 e. The van der Waals surface area contributed by atoms with E-state index in [1.807, 2.05) is 0 Å². The Labute approximate surface area is 51.6 Å². The molecule has 0 unspecified atom stereocenters. The molecular formula is CH7CoNW. The zero-order chi connectivity index (χ0) is 0. The predicted octanol–water partition coefficient (Wildman–Crippen LogP) is 0.793. The van der Waals surface area contributed by atoms with Gasteiger partial charge >= 0.3 is 0 Å². The van der Waals surface area contributed by atoms with Crippen molar-refractivity contribution < 1.29 is 37.8 Å². The standard InChI is InChI=1S/CH4.Co.H3N.W/h1H4;;1H3;. The largest absolute Gasteiger partial charge is 0.344 e. The molecule has 0 aromatic carbocycles. The van der Waals surface area contributed by atoms with E-state index in [0.29, 0.717) is 0 Å². The van der Waals surface area contributed by atoms with Gasteiger partial charge in [0.25, 0.3) is 0 Å². The molecular weight excluding hydrogens is 269 g/mol. The summed E-state index contributed by atoms with van der Waals surface area (Å²) in [6, 6.07) is 0. The third-order valence-corrected chi connectivity index (χ3v) is 0. The van der Waals surface area contributed by atoms with E-state index in [0.717, 1.165) is 0 Å². The molecule has 0 heterocycles. The van der Waals surface area contributed by atoms with Crippen molar-refractivity contribution in [3.05, 3.63) is 0 Å². The molecule has 0 aliphatic carbocycles. The van der Waals surface area contributed by atoms with Crippen LogP contribution in [0, 0.1) is 0 Å². The van der Waals surface area contributed by atoms with E-state index in [4.69, 9.17) is 0 Å². The zero-order valence-electron chi connectivity index (χ0n) is 1.45. The molecule has 0 amide bonds. The maximum absolute atomic E-state index is 0. The summed E-state index contributed by atoms with van der Waals surface area (Å²) in [5, 5.41) is 0. The quantitative estimate of drug-likeness (QED) is 0.697. The minimum absolute atomic E-state index is 0. The van der Waals surface area contributed by atoms with E-state index in [9.17, 15) is 0 Å². The molecule has 1 radical (unpaired) electrons. The third-order valence-electron chi connectivity index (χ3n) is 0. The average molecular weight is 276 g/mol. The van der Waals surface area contributed by atoms with Gasteiger partial charge in [-0.05, 0) is 0 Å². The van der Waals surface area contributed by atoms with Crippen LogP contribution >= 0.6 is 0 Å². The van der Waals surface area contributed by atoms with Gasteiger partial charge < -0.3 is 6.15 Å². The summed E-state index contributed by atoms with van der Waals surface area (Å²) in [5.74, 6) is 0. The van der Waals surface area contributed by atoms with Crippen LogP contribution in [0.25, 0.3) is 0 Å². The fourth-order valence-electron chi connectivity index (χ4n) is 0. The second-order valence-electron chi connectivity index (χ2n) is 0. The molecule has 0 fully saturated rings. The summed E-state index contributed by atoms with van der Waals surface area (Å²) in [7, 11) is 0. The molecule has 0 aromatic rings. The van der Waals surface area contributed by atoms with E-state index in [1.165, 1.54) is 0 Å². The van der Waals surface area contributed by atoms with E-state index in [2.05, 4.69) is 0 Å². The van der Waals surface area contributed by atoms with Crippen LogP contribution in [0.5, 0.6) is 0 Å². The number of rotatable bonds is 0. The maximum Gasteiger partial charge on any atom is 0 e. The first kappa shape index (κ1) is 66.7. The van der Waals surface area contributed by atoms with Gasteiger partial charge in [-0.3, -0.25) is 0 Å². The molecule has 3 N–H and O–H groups in total. The van der Waals surface area contributed by atoms with E-state index in [1.54, 1.807) is 0 Å². The Bertz CT molecular complexity index is 8.00. The van der Waals surface area contributed by atoms with E-state index < -0.39 is 0 Å². The minimum atomic E-state index is 0. The van der Waals surface area contributed by atoms with Crippen LogP contribution < -0.4 is 6.15 Å². The summed E-state index contributed by atoms with van der Waals surface area (Å²) in [4.78, 5) is 0. The summed E-state index contributed by atoms with van der Waals surface area (Å²) in [6.45, 7) is 0. The van der Waals surface area contributed by atoms with Crippen LogP contribution in [0.4, 0.5) is 0 Å². The zero-order valence-corrected chi connectivity index (χ0v) is 5.42. The SMILES string of the molecule is C.N.[Co].[W]. The molecule has 3 heteroatoms. The normalized spacial score (nSPS) is 0. The smallest absolute Gasteiger partial charge is 0 e. The summed E-state index contributed by atoms with van der Waals surface area (Å²) in [6.07, 6.45) is 0. The number of hydrogen-bond donors (Lipinski definition) is 1. The summed E-state index contributed by atoms with van der Waals surface area (Å²) in [5.41, 5.74) is 0. The summed E-state index contributed by atoms with van der Waals surface area (Å²) >= 11 is 0. The molecule has 0 bridgehead atoms. The summed E-state index contributed by atoms with van der Waals surface area (Å²) < 4.78 is 0. The fraction of sp³-hybridized carbons (Fsp3) is 1.00. The van der Waals surface area contributed by atoms with Crippen molar-refractivity contribution in [2.75, 3.05) is 0 Å². The van der Waals surface area contributed by atoms with Gasteiger partial charge in [0.2, 0.25) is 0 Å². The van der Waals surface area contributed by atoms with E-state index in [-0.39, 0.29) is 51.4 Å². The van der Waals surface area contributed by atoms with Crippen molar-refractivity contribution in [2.24, 2.45) is 0 Å². The van der Waals surface area contributed by atoms with Crippen molar-refractivity contribution in [1.29, 1.82) is 0 Å². The van der Waals surface area contributed by atoms with Gasteiger partial charge in [-0.1, -0.05) is 7.43 Å². The van der Waals surface area contributed by atoms with Gasteiger partial charge in [0, 0.05) is 37.8 Å². The Morgan fingerprint density at radius 3 is 1.00 bits per heavy atom. The van der Waals surface area contributed by atoms with Crippen LogP contribution in [0.15, 0.2) is 0 Å². The first-order valence-electron chi connectivity index (χ1n) is 0. The third kappa shape index (κ3) is 11.0. The molecule has 0 saturated carbocycles. The van der Waals surface area contributed by atoms with Crippen LogP contribution in [-0.2, 0) is 37.8 Å². The van der Waals surface area contributed by atoms with Gasteiger partial charge in [-0.2, -0.15) is 0 Å².